The molecule has 2 atom stereocenters. The number of pyridine rings is 2. The zero-order valence-corrected chi connectivity index (χ0v) is 24.9. The third-order valence-corrected chi connectivity index (χ3v) is 8.17. The van der Waals surface area contributed by atoms with Crippen LogP contribution >= 0.6 is 0 Å². The first-order chi connectivity index (χ1) is 22.1. The van der Waals surface area contributed by atoms with E-state index in [-0.39, 0.29) is 47.4 Å². The SMILES string of the molecule is COc1cc(-c2nn3c4c(cnc(N)c24)/C=C/COCCC(=O)NC2CCC[C@@H]3C2)ccc1C(=O)Nc1cc(C(F)(F)F)ccn1. The van der Waals surface area contributed by atoms with Crippen molar-refractivity contribution in [3.63, 3.8) is 0 Å². The van der Waals surface area contributed by atoms with E-state index in [1.165, 1.54) is 13.2 Å². The van der Waals surface area contributed by atoms with Crippen molar-refractivity contribution in [3.8, 4) is 17.0 Å². The van der Waals surface area contributed by atoms with E-state index in [2.05, 4.69) is 20.6 Å². The van der Waals surface area contributed by atoms with Gasteiger partial charge in [0.15, 0.2) is 0 Å². The minimum atomic E-state index is -4.59. The number of amides is 2. The highest BCUT2D eigenvalue weighted by atomic mass is 19.4. The zero-order chi connectivity index (χ0) is 32.4. The molecule has 4 aromatic rings. The van der Waals surface area contributed by atoms with Crippen LogP contribution in [0.5, 0.6) is 5.75 Å². The second-order valence-corrected chi connectivity index (χ2v) is 11.2. The van der Waals surface area contributed by atoms with Crippen LogP contribution in [0.3, 0.4) is 0 Å². The van der Waals surface area contributed by atoms with Crippen LogP contribution in [0.25, 0.3) is 28.2 Å². The number of carbonyl (C=O) groups is 2. The second kappa shape index (κ2) is 12.8. The molecule has 1 saturated carbocycles. The highest BCUT2D eigenvalue weighted by molar-refractivity contribution is 6.07. The summed E-state index contributed by atoms with van der Waals surface area (Å²) in [6.07, 6.45) is 5.41. The van der Waals surface area contributed by atoms with E-state index in [4.69, 9.17) is 20.3 Å². The molecule has 0 spiro atoms. The number of halogens is 3. The Morgan fingerprint density at radius 3 is 2.85 bits per heavy atom. The summed E-state index contributed by atoms with van der Waals surface area (Å²) in [5, 5.41) is 11.2. The highest BCUT2D eigenvalue weighted by Crippen LogP contribution is 2.40. The third kappa shape index (κ3) is 6.38. The van der Waals surface area contributed by atoms with E-state index < -0.39 is 17.6 Å². The van der Waals surface area contributed by atoms with Crippen molar-refractivity contribution in [2.24, 2.45) is 0 Å². The molecule has 14 heteroatoms. The molecule has 1 aliphatic heterocycles. The van der Waals surface area contributed by atoms with Gasteiger partial charge in [0.25, 0.3) is 5.91 Å². The van der Waals surface area contributed by atoms with Crippen molar-refractivity contribution in [2.45, 2.75) is 50.4 Å². The van der Waals surface area contributed by atoms with Gasteiger partial charge in [-0.05, 0) is 49.9 Å². The molecule has 0 radical (unpaired) electrons. The fraction of sp³-hybridized carbons (Fsp3) is 0.344. The number of aromatic nitrogens is 4. The largest absolute Gasteiger partial charge is 0.496 e. The third-order valence-electron chi connectivity index (χ3n) is 8.17. The second-order valence-electron chi connectivity index (χ2n) is 11.2. The number of nitrogen functional groups attached to an aromatic ring is 1. The molecular weight excluding hydrogens is 603 g/mol. The summed E-state index contributed by atoms with van der Waals surface area (Å²) < 4.78 is 52.7. The molecule has 2 bridgehead atoms. The topological polar surface area (TPSA) is 146 Å². The number of anilines is 2. The summed E-state index contributed by atoms with van der Waals surface area (Å²) in [7, 11) is 1.39. The fourth-order valence-corrected chi connectivity index (χ4v) is 6.00. The van der Waals surface area contributed by atoms with Crippen LogP contribution in [0.2, 0.25) is 0 Å². The smallest absolute Gasteiger partial charge is 0.416 e. The van der Waals surface area contributed by atoms with Gasteiger partial charge in [-0.25, -0.2) is 9.97 Å². The normalized spacial score (nSPS) is 19.6. The minimum absolute atomic E-state index is 0.0146. The van der Waals surface area contributed by atoms with Gasteiger partial charge in [0, 0.05) is 36.0 Å². The summed E-state index contributed by atoms with van der Waals surface area (Å²) in [4.78, 5) is 34.0. The maximum absolute atomic E-state index is 13.2. The zero-order valence-electron chi connectivity index (χ0n) is 24.9. The van der Waals surface area contributed by atoms with Crippen LogP contribution in [0.1, 0.15) is 59.6 Å². The van der Waals surface area contributed by atoms with E-state index in [0.29, 0.717) is 36.3 Å². The Morgan fingerprint density at radius 1 is 1.20 bits per heavy atom. The number of methoxy groups -OCH3 is 1. The van der Waals surface area contributed by atoms with E-state index >= 15 is 0 Å². The van der Waals surface area contributed by atoms with Crippen molar-refractivity contribution in [1.29, 1.82) is 0 Å². The Hall–Kier alpha value is -4.98. The summed E-state index contributed by atoms with van der Waals surface area (Å²) in [6.45, 7) is 0.625. The maximum atomic E-state index is 13.2. The van der Waals surface area contributed by atoms with Gasteiger partial charge in [-0.3, -0.25) is 14.3 Å². The molecule has 11 nitrogen and oxygen atoms in total. The number of nitrogens with two attached hydrogens (primary N) is 1. The molecule has 3 aromatic heterocycles. The van der Waals surface area contributed by atoms with Crippen molar-refractivity contribution in [1.82, 2.24) is 25.1 Å². The van der Waals surface area contributed by atoms with Gasteiger partial charge in [-0.1, -0.05) is 18.2 Å². The predicted octanol–water partition coefficient (Wildman–Crippen LogP) is 5.39. The lowest BCUT2D eigenvalue weighted by molar-refractivity contribution is -0.137. The number of hydrogen-bond donors (Lipinski definition) is 3. The molecule has 1 unspecified atom stereocenters. The number of nitrogens with zero attached hydrogens (tertiary/aromatic N) is 4. The first-order valence-corrected chi connectivity index (χ1v) is 14.9. The number of alkyl halides is 3. The molecule has 2 amide bonds. The molecule has 1 aliphatic carbocycles. The average Bonchev–Trinajstić information content (AvgIpc) is 3.45. The van der Waals surface area contributed by atoms with Crippen LogP contribution in [-0.4, -0.2) is 57.9 Å². The molecule has 1 aromatic carbocycles. The number of fused-ring (bicyclic) bond motifs is 3. The maximum Gasteiger partial charge on any atom is 0.416 e. The summed E-state index contributed by atoms with van der Waals surface area (Å²) in [6, 6.07) is 6.35. The highest BCUT2D eigenvalue weighted by Gasteiger charge is 2.32. The average molecular weight is 636 g/mol. The summed E-state index contributed by atoms with van der Waals surface area (Å²) >= 11 is 0. The summed E-state index contributed by atoms with van der Waals surface area (Å²) in [5.41, 5.74) is 8.32. The molecule has 2 aliphatic rings. The Morgan fingerprint density at radius 2 is 2.04 bits per heavy atom. The lowest BCUT2D eigenvalue weighted by atomic mass is 9.90. The molecule has 1 fully saturated rings. The number of nitrogens with one attached hydrogen (secondary N) is 2. The molecule has 0 saturated heterocycles. The Bertz CT molecular complexity index is 1820. The van der Waals surface area contributed by atoms with Gasteiger partial charge < -0.3 is 25.8 Å². The van der Waals surface area contributed by atoms with Crippen LogP contribution < -0.4 is 21.1 Å². The standard InChI is InChI=1S/C32H32F3N7O4/c1-45-24-14-18(7-8-23(24)31(44)40-25-15-20(9-11-37-25)32(33,34)35)28-27-29-19(17-38-30(27)36)4-3-12-46-13-10-26(43)39-21-5-2-6-22(16-21)42(29)41-28/h3-4,7-9,11,14-15,17,21-22H,2,5-6,10,12-13,16H2,1H3,(H2,36,38)(H,39,43)(H,37,40,44)/b4-3+/t21?,22-/m1/s1. The Labute approximate surface area is 262 Å². The number of ether oxygens (including phenoxy) is 2. The van der Waals surface area contributed by atoms with E-state index in [9.17, 15) is 22.8 Å². The predicted molar refractivity (Wildman–Crippen MR) is 165 cm³/mol. The van der Waals surface area contributed by atoms with Gasteiger partial charge in [-0.15, -0.1) is 0 Å². The number of carbonyl (C=O) groups excluding carboxylic acids is 2. The fourth-order valence-electron chi connectivity index (χ4n) is 6.00. The van der Waals surface area contributed by atoms with Crippen LogP contribution in [0.4, 0.5) is 24.8 Å². The number of benzene rings is 1. The van der Waals surface area contributed by atoms with E-state index in [1.807, 2.05) is 16.8 Å². The van der Waals surface area contributed by atoms with Crippen LogP contribution in [0.15, 0.2) is 48.8 Å². The minimum Gasteiger partial charge on any atom is -0.496 e. The monoisotopic (exact) mass is 635 g/mol. The molecule has 240 valence electrons. The molecule has 4 heterocycles. The quantitative estimate of drug-likeness (QED) is 0.271. The Kier molecular flexibility index (Phi) is 8.63. The van der Waals surface area contributed by atoms with Gasteiger partial charge in [0.05, 0.1) is 48.4 Å². The van der Waals surface area contributed by atoms with Gasteiger partial charge >= 0.3 is 6.18 Å². The molecular formula is C32H32F3N7O4. The first-order valence-electron chi connectivity index (χ1n) is 14.9. The Balaban J connectivity index is 1.41. The van der Waals surface area contributed by atoms with Crippen molar-refractivity contribution in [2.75, 3.05) is 31.4 Å². The van der Waals surface area contributed by atoms with Gasteiger partial charge in [0.2, 0.25) is 5.91 Å². The van der Waals surface area contributed by atoms with Gasteiger partial charge in [-0.2, -0.15) is 18.3 Å². The van der Waals surface area contributed by atoms with Gasteiger partial charge in [0.1, 0.15) is 23.1 Å². The lowest BCUT2D eigenvalue weighted by Gasteiger charge is -2.30. The molecule has 46 heavy (non-hydrogen) atoms. The first kappa shape index (κ1) is 31.0. The molecule has 4 N–H and O–H groups in total. The van der Waals surface area contributed by atoms with Crippen molar-refractivity contribution in [3.05, 3.63) is 65.5 Å². The van der Waals surface area contributed by atoms with Crippen LogP contribution in [-0.2, 0) is 15.7 Å². The van der Waals surface area contributed by atoms with E-state index in [1.54, 1.807) is 18.3 Å². The van der Waals surface area contributed by atoms with Crippen molar-refractivity contribution >= 4 is 40.4 Å². The summed E-state index contributed by atoms with van der Waals surface area (Å²) in [5.74, 6) is -0.565. The van der Waals surface area contributed by atoms with E-state index in [0.717, 1.165) is 48.7 Å². The molecule has 6 rings (SSSR count). The number of hydrogen-bond acceptors (Lipinski definition) is 8. The number of rotatable bonds is 4. The van der Waals surface area contributed by atoms with Crippen LogP contribution in [0, 0.1) is 0 Å². The lowest BCUT2D eigenvalue weighted by Crippen LogP contribution is -2.39. The van der Waals surface area contributed by atoms with Crippen molar-refractivity contribution < 1.29 is 32.2 Å².